The summed E-state index contributed by atoms with van der Waals surface area (Å²) < 4.78 is 18.7. The number of ether oxygens (including phenoxy) is 1. The maximum atomic E-state index is 13.6. The van der Waals surface area contributed by atoms with E-state index in [2.05, 4.69) is 5.32 Å². The minimum absolute atomic E-state index is 0.0387. The topological polar surface area (TPSA) is 61.7 Å². The van der Waals surface area contributed by atoms with Crippen LogP contribution in [0.5, 0.6) is 5.75 Å². The van der Waals surface area contributed by atoms with Crippen LogP contribution < -0.4 is 5.32 Å². The molecule has 0 fully saturated rings. The van der Waals surface area contributed by atoms with Gasteiger partial charge in [-0.3, -0.25) is 0 Å². The van der Waals surface area contributed by atoms with Crippen molar-refractivity contribution in [2.45, 2.75) is 25.4 Å². The van der Waals surface area contributed by atoms with E-state index in [4.69, 9.17) is 14.9 Å². The molecule has 0 heterocycles. The average Bonchev–Trinajstić information content (AvgIpc) is 2.29. The summed E-state index contributed by atoms with van der Waals surface area (Å²) >= 11 is 0. The molecule has 3 N–H and O–H groups in total. The molecule has 2 unspecified atom stereocenters. The zero-order valence-corrected chi connectivity index (χ0v) is 10.7. The van der Waals surface area contributed by atoms with Gasteiger partial charge in [-0.05, 0) is 19.4 Å². The number of halogens is 1. The molecule has 18 heavy (non-hydrogen) atoms. The summed E-state index contributed by atoms with van der Waals surface area (Å²) in [6, 6.07) is 3.82. The number of nitrogens with one attached hydrogen (secondary N) is 1. The van der Waals surface area contributed by atoms with Crippen LogP contribution >= 0.6 is 0 Å². The molecule has 0 aromatic heterocycles. The summed E-state index contributed by atoms with van der Waals surface area (Å²) in [5.74, 6) is -0.539. The van der Waals surface area contributed by atoms with Crippen molar-refractivity contribution in [1.29, 1.82) is 0 Å². The summed E-state index contributed by atoms with van der Waals surface area (Å²) in [5.41, 5.74) is 0.479. The molecule has 0 aliphatic carbocycles. The van der Waals surface area contributed by atoms with Gasteiger partial charge in [0.25, 0.3) is 0 Å². The lowest BCUT2D eigenvalue weighted by Gasteiger charge is -2.23. The Hall–Kier alpha value is -1.17. The number of hydrogen-bond acceptors (Lipinski definition) is 4. The van der Waals surface area contributed by atoms with Gasteiger partial charge in [0.15, 0.2) is 0 Å². The summed E-state index contributed by atoms with van der Waals surface area (Å²) in [4.78, 5) is 0. The highest BCUT2D eigenvalue weighted by Gasteiger charge is 2.16. The third kappa shape index (κ3) is 4.25. The number of rotatable bonds is 7. The number of methoxy groups -OCH3 is 1. The van der Waals surface area contributed by atoms with Crippen molar-refractivity contribution in [3.05, 3.63) is 29.6 Å². The van der Waals surface area contributed by atoms with E-state index in [1.54, 1.807) is 13.2 Å². The van der Waals surface area contributed by atoms with Crippen molar-refractivity contribution in [3.63, 3.8) is 0 Å². The summed E-state index contributed by atoms with van der Waals surface area (Å²) in [6.45, 7) is 2.33. The quantitative estimate of drug-likeness (QED) is 0.694. The molecule has 2 atom stereocenters. The van der Waals surface area contributed by atoms with Crippen molar-refractivity contribution in [2.75, 3.05) is 20.3 Å². The summed E-state index contributed by atoms with van der Waals surface area (Å²) in [6.07, 6.45) is 0.540. The Morgan fingerprint density at radius 1 is 1.44 bits per heavy atom. The van der Waals surface area contributed by atoms with Crippen LogP contribution in [0.25, 0.3) is 0 Å². The first kappa shape index (κ1) is 14.9. The molecule has 1 aromatic rings. The van der Waals surface area contributed by atoms with Gasteiger partial charge in [-0.25, -0.2) is 4.39 Å². The highest BCUT2D eigenvalue weighted by molar-refractivity contribution is 5.29. The lowest BCUT2D eigenvalue weighted by Crippen LogP contribution is -2.36. The number of phenolic OH excluding ortho intramolecular Hbond substituents is 1. The molecule has 0 amide bonds. The van der Waals surface area contributed by atoms with Gasteiger partial charge >= 0.3 is 0 Å². The van der Waals surface area contributed by atoms with Gasteiger partial charge in [-0.2, -0.15) is 0 Å². The van der Waals surface area contributed by atoms with E-state index in [1.165, 1.54) is 6.07 Å². The Kier molecular flexibility index (Phi) is 6.04. The van der Waals surface area contributed by atoms with Crippen molar-refractivity contribution in [1.82, 2.24) is 5.32 Å². The van der Waals surface area contributed by atoms with E-state index in [1.807, 2.05) is 6.92 Å². The zero-order chi connectivity index (χ0) is 13.5. The van der Waals surface area contributed by atoms with Crippen LogP contribution in [0.2, 0.25) is 0 Å². The second kappa shape index (κ2) is 7.31. The Bertz CT molecular complexity index is 367. The Balaban J connectivity index is 2.70. The largest absolute Gasteiger partial charge is 0.508 e. The predicted octanol–water partition coefficient (Wildman–Crippen LogP) is 1.58. The van der Waals surface area contributed by atoms with Crippen LogP contribution in [0.4, 0.5) is 4.39 Å². The second-order valence-corrected chi connectivity index (χ2v) is 4.26. The van der Waals surface area contributed by atoms with Crippen LogP contribution in [-0.4, -0.2) is 36.6 Å². The minimum atomic E-state index is -0.449. The standard InChI is InChI=1S/C13H20FNO3/c1-9(15-10(5-6-16)8-18-2)12-4-3-11(17)7-13(12)14/h3-4,7,9-10,15-17H,5-6,8H2,1-2H3. The first-order valence-electron chi connectivity index (χ1n) is 5.92. The molecular weight excluding hydrogens is 237 g/mol. The Morgan fingerprint density at radius 3 is 2.72 bits per heavy atom. The van der Waals surface area contributed by atoms with Gasteiger partial charge in [-0.1, -0.05) is 6.07 Å². The predicted molar refractivity (Wildman–Crippen MR) is 67.0 cm³/mol. The third-order valence-corrected chi connectivity index (χ3v) is 2.78. The number of aromatic hydroxyl groups is 1. The van der Waals surface area contributed by atoms with E-state index < -0.39 is 5.82 Å². The van der Waals surface area contributed by atoms with E-state index in [9.17, 15) is 4.39 Å². The third-order valence-electron chi connectivity index (χ3n) is 2.78. The highest BCUT2D eigenvalue weighted by Crippen LogP contribution is 2.21. The van der Waals surface area contributed by atoms with Crippen LogP contribution in [0.1, 0.15) is 24.9 Å². The average molecular weight is 257 g/mol. The number of aliphatic hydroxyl groups is 1. The number of benzene rings is 1. The minimum Gasteiger partial charge on any atom is -0.508 e. The lowest BCUT2D eigenvalue weighted by atomic mass is 10.1. The van der Waals surface area contributed by atoms with Crippen molar-refractivity contribution < 1.29 is 19.3 Å². The van der Waals surface area contributed by atoms with Crippen LogP contribution in [0.15, 0.2) is 18.2 Å². The number of phenols is 1. The molecule has 0 aliphatic rings. The van der Waals surface area contributed by atoms with Crippen molar-refractivity contribution >= 4 is 0 Å². The molecule has 0 spiro atoms. The normalized spacial score (nSPS) is 14.4. The fourth-order valence-electron chi connectivity index (χ4n) is 1.88. The van der Waals surface area contributed by atoms with Gasteiger partial charge in [0.2, 0.25) is 0 Å². The van der Waals surface area contributed by atoms with Gasteiger partial charge in [-0.15, -0.1) is 0 Å². The number of hydrogen-bond donors (Lipinski definition) is 3. The van der Waals surface area contributed by atoms with Gasteiger partial charge in [0, 0.05) is 37.4 Å². The monoisotopic (exact) mass is 257 g/mol. The van der Waals surface area contributed by atoms with E-state index in [0.29, 0.717) is 18.6 Å². The van der Waals surface area contributed by atoms with Crippen molar-refractivity contribution in [2.24, 2.45) is 0 Å². The highest BCUT2D eigenvalue weighted by atomic mass is 19.1. The first-order chi connectivity index (χ1) is 8.58. The Morgan fingerprint density at radius 2 is 2.17 bits per heavy atom. The molecule has 4 nitrogen and oxygen atoms in total. The molecule has 102 valence electrons. The maximum Gasteiger partial charge on any atom is 0.131 e. The van der Waals surface area contributed by atoms with Crippen LogP contribution in [0, 0.1) is 5.82 Å². The fourth-order valence-corrected chi connectivity index (χ4v) is 1.88. The molecule has 0 saturated carbocycles. The maximum absolute atomic E-state index is 13.6. The molecule has 1 aromatic carbocycles. The summed E-state index contributed by atoms with van der Waals surface area (Å²) in [5, 5.41) is 21.3. The van der Waals surface area contributed by atoms with Crippen molar-refractivity contribution in [3.8, 4) is 5.75 Å². The van der Waals surface area contributed by atoms with E-state index in [0.717, 1.165) is 6.07 Å². The SMILES string of the molecule is COCC(CCO)NC(C)c1ccc(O)cc1F. The van der Waals surface area contributed by atoms with E-state index in [-0.39, 0.29) is 24.4 Å². The number of aliphatic hydroxyl groups excluding tert-OH is 1. The fraction of sp³-hybridized carbons (Fsp3) is 0.538. The van der Waals surface area contributed by atoms with Gasteiger partial charge in [0.05, 0.1) is 6.61 Å². The first-order valence-corrected chi connectivity index (χ1v) is 5.92. The zero-order valence-electron chi connectivity index (χ0n) is 10.7. The molecule has 0 aliphatic heterocycles. The smallest absolute Gasteiger partial charge is 0.131 e. The van der Waals surface area contributed by atoms with E-state index >= 15 is 0 Å². The molecular formula is C13H20FNO3. The van der Waals surface area contributed by atoms with Crippen LogP contribution in [0.3, 0.4) is 0 Å². The molecule has 0 radical (unpaired) electrons. The molecule has 1 rings (SSSR count). The molecule has 0 saturated heterocycles. The second-order valence-electron chi connectivity index (χ2n) is 4.26. The van der Waals surface area contributed by atoms with Gasteiger partial charge < -0.3 is 20.3 Å². The van der Waals surface area contributed by atoms with Crippen LogP contribution in [-0.2, 0) is 4.74 Å². The summed E-state index contributed by atoms with van der Waals surface area (Å²) in [7, 11) is 1.58. The van der Waals surface area contributed by atoms with Gasteiger partial charge in [0.1, 0.15) is 11.6 Å². The Labute approximate surface area is 106 Å². The lowest BCUT2D eigenvalue weighted by molar-refractivity contribution is 0.143. The molecule has 5 heteroatoms. The molecule has 0 bridgehead atoms.